The molecule has 104 valence electrons. The Morgan fingerprint density at radius 1 is 1.42 bits per heavy atom. The molecule has 1 amide bonds. The van der Waals surface area contributed by atoms with Gasteiger partial charge < -0.3 is 11.1 Å². The van der Waals surface area contributed by atoms with Gasteiger partial charge in [0.25, 0.3) is 0 Å². The first kappa shape index (κ1) is 14.0. The zero-order valence-electron chi connectivity index (χ0n) is 11.2. The van der Waals surface area contributed by atoms with Crippen LogP contribution in [-0.2, 0) is 11.2 Å². The van der Waals surface area contributed by atoms with Crippen molar-refractivity contribution in [3.8, 4) is 0 Å². The van der Waals surface area contributed by atoms with Crippen molar-refractivity contribution < 1.29 is 4.79 Å². The predicted octanol–water partition coefficient (Wildman–Crippen LogP) is 0.163. The summed E-state index contributed by atoms with van der Waals surface area (Å²) in [6, 6.07) is 6.13. The maximum atomic E-state index is 11.8. The van der Waals surface area contributed by atoms with E-state index in [0.717, 1.165) is 38.0 Å². The second kappa shape index (κ2) is 7.21. The van der Waals surface area contributed by atoms with E-state index in [1.54, 1.807) is 6.20 Å². The number of likely N-dealkylation sites (tertiary alicyclic amines) is 1. The van der Waals surface area contributed by atoms with E-state index in [-0.39, 0.29) is 5.91 Å². The van der Waals surface area contributed by atoms with Crippen LogP contribution in [0.1, 0.15) is 18.5 Å². The molecule has 0 atom stereocenters. The zero-order valence-corrected chi connectivity index (χ0v) is 11.2. The maximum absolute atomic E-state index is 11.8. The van der Waals surface area contributed by atoms with Crippen molar-refractivity contribution in [1.82, 2.24) is 15.2 Å². The van der Waals surface area contributed by atoms with Crippen LogP contribution in [0.15, 0.2) is 24.4 Å². The van der Waals surface area contributed by atoms with Crippen molar-refractivity contribution in [1.29, 1.82) is 0 Å². The van der Waals surface area contributed by atoms with Gasteiger partial charge in [-0.15, -0.1) is 0 Å². The molecule has 3 N–H and O–H groups in total. The molecule has 2 heterocycles. The quantitative estimate of drug-likeness (QED) is 0.793. The minimum atomic E-state index is 0.0893. The number of nitrogens with zero attached hydrogens (tertiary/aromatic N) is 2. The van der Waals surface area contributed by atoms with Gasteiger partial charge in [-0.25, -0.2) is 0 Å². The number of hydrogen-bond acceptors (Lipinski definition) is 4. The molecule has 0 aliphatic carbocycles. The lowest BCUT2D eigenvalue weighted by molar-refractivity contribution is -0.122. The molecule has 1 aliphatic rings. The van der Waals surface area contributed by atoms with E-state index in [1.165, 1.54) is 0 Å². The average molecular weight is 262 g/mol. The Morgan fingerprint density at radius 2 is 2.21 bits per heavy atom. The first-order chi connectivity index (χ1) is 9.24. The van der Waals surface area contributed by atoms with E-state index in [1.807, 2.05) is 18.2 Å². The number of pyridine rings is 1. The van der Waals surface area contributed by atoms with Crippen LogP contribution in [0.4, 0.5) is 0 Å². The number of aromatic nitrogens is 1. The summed E-state index contributed by atoms with van der Waals surface area (Å²) < 4.78 is 0. The topological polar surface area (TPSA) is 71.2 Å². The van der Waals surface area contributed by atoms with Gasteiger partial charge in [-0.05, 0) is 25.0 Å². The largest absolute Gasteiger partial charge is 0.355 e. The number of nitrogens with one attached hydrogen (secondary N) is 1. The minimum absolute atomic E-state index is 0.0893. The Kier molecular flexibility index (Phi) is 5.30. The maximum Gasteiger partial charge on any atom is 0.234 e. The monoisotopic (exact) mass is 262 g/mol. The summed E-state index contributed by atoms with van der Waals surface area (Å²) in [5.41, 5.74) is 6.84. The van der Waals surface area contributed by atoms with Gasteiger partial charge in [-0.2, -0.15) is 0 Å². The van der Waals surface area contributed by atoms with Gasteiger partial charge in [0.2, 0.25) is 5.91 Å². The van der Waals surface area contributed by atoms with Gasteiger partial charge >= 0.3 is 0 Å². The second-order valence-corrected chi connectivity index (χ2v) is 5.03. The van der Waals surface area contributed by atoms with Crippen LogP contribution in [0.25, 0.3) is 0 Å². The number of rotatable bonds is 5. The lowest BCUT2D eigenvalue weighted by Crippen LogP contribution is -2.44. The normalized spacial score (nSPS) is 17.3. The number of hydrogen-bond donors (Lipinski definition) is 2. The number of carbonyl (C=O) groups is 1. The van der Waals surface area contributed by atoms with Gasteiger partial charge in [0, 0.05) is 44.0 Å². The molecule has 0 spiro atoms. The molecule has 0 aromatic carbocycles. The van der Waals surface area contributed by atoms with E-state index in [0.29, 0.717) is 19.1 Å². The van der Waals surface area contributed by atoms with Gasteiger partial charge in [-0.3, -0.25) is 14.7 Å². The molecule has 1 aromatic heterocycles. The molecule has 0 bridgehead atoms. The Morgan fingerprint density at radius 3 is 2.89 bits per heavy atom. The van der Waals surface area contributed by atoms with Gasteiger partial charge in [0.15, 0.2) is 0 Å². The smallest absolute Gasteiger partial charge is 0.234 e. The van der Waals surface area contributed by atoms with Crippen molar-refractivity contribution in [2.45, 2.75) is 25.3 Å². The van der Waals surface area contributed by atoms with Gasteiger partial charge in [-0.1, -0.05) is 6.07 Å². The molecule has 19 heavy (non-hydrogen) atoms. The second-order valence-electron chi connectivity index (χ2n) is 5.03. The molecule has 2 rings (SSSR count). The fourth-order valence-electron chi connectivity index (χ4n) is 2.25. The van der Waals surface area contributed by atoms with Gasteiger partial charge in [0.05, 0.1) is 6.54 Å². The Hall–Kier alpha value is -1.46. The molecule has 1 aromatic rings. The molecule has 1 fully saturated rings. The van der Waals surface area contributed by atoms with Crippen LogP contribution in [0.2, 0.25) is 0 Å². The third kappa shape index (κ3) is 4.96. The van der Waals surface area contributed by atoms with Crippen LogP contribution in [0, 0.1) is 0 Å². The summed E-state index contributed by atoms with van der Waals surface area (Å²) in [5.74, 6) is 0.0893. The summed E-state index contributed by atoms with van der Waals surface area (Å²) in [6.07, 6.45) is 4.52. The van der Waals surface area contributed by atoms with E-state index in [4.69, 9.17) is 5.73 Å². The minimum Gasteiger partial charge on any atom is -0.355 e. The summed E-state index contributed by atoms with van der Waals surface area (Å²) in [4.78, 5) is 18.2. The van der Waals surface area contributed by atoms with Crippen molar-refractivity contribution in [3.63, 3.8) is 0 Å². The van der Waals surface area contributed by atoms with Crippen LogP contribution in [-0.4, -0.2) is 48.0 Å². The molecule has 0 radical (unpaired) electrons. The van der Waals surface area contributed by atoms with E-state index >= 15 is 0 Å². The molecule has 0 saturated carbocycles. The summed E-state index contributed by atoms with van der Waals surface area (Å²) in [7, 11) is 0. The highest BCUT2D eigenvalue weighted by Gasteiger charge is 2.17. The Balaban J connectivity index is 1.62. The molecule has 0 unspecified atom stereocenters. The lowest BCUT2D eigenvalue weighted by Gasteiger charge is -2.29. The number of nitrogens with two attached hydrogens (primary N) is 1. The summed E-state index contributed by atoms with van der Waals surface area (Å²) in [6.45, 7) is 2.97. The highest BCUT2D eigenvalue weighted by molar-refractivity contribution is 5.78. The third-order valence-electron chi connectivity index (χ3n) is 3.43. The van der Waals surface area contributed by atoms with E-state index in [9.17, 15) is 4.79 Å². The lowest BCUT2D eigenvalue weighted by atomic mass is 10.1. The van der Waals surface area contributed by atoms with Crippen molar-refractivity contribution >= 4 is 5.91 Å². The Bertz CT molecular complexity index is 388. The van der Waals surface area contributed by atoms with Crippen molar-refractivity contribution in [3.05, 3.63) is 30.1 Å². The molecule has 1 saturated heterocycles. The Labute approximate surface area is 114 Å². The van der Waals surface area contributed by atoms with Crippen molar-refractivity contribution in [2.75, 3.05) is 26.2 Å². The molecule has 5 nitrogen and oxygen atoms in total. The number of amides is 1. The average Bonchev–Trinajstić information content (AvgIpc) is 2.43. The fraction of sp³-hybridized carbons (Fsp3) is 0.571. The first-order valence-electron chi connectivity index (χ1n) is 6.88. The van der Waals surface area contributed by atoms with Crippen LogP contribution < -0.4 is 11.1 Å². The molecular formula is C14H22N4O. The fourth-order valence-corrected chi connectivity index (χ4v) is 2.25. The summed E-state index contributed by atoms with van der Waals surface area (Å²) in [5, 5.41) is 2.94. The predicted molar refractivity (Wildman–Crippen MR) is 74.6 cm³/mol. The van der Waals surface area contributed by atoms with Crippen LogP contribution >= 0.6 is 0 Å². The highest BCUT2D eigenvalue weighted by Crippen LogP contribution is 2.07. The third-order valence-corrected chi connectivity index (χ3v) is 3.43. The summed E-state index contributed by atoms with van der Waals surface area (Å²) >= 11 is 0. The van der Waals surface area contributed by atoms with Crippen LogP contribution in [0.3, 0.4) is 0 Å². The van der Waals surface area contributed by atoms with Gasteiger partial charge in [0.1, 0.15) is 0 Å². The number of piperidine rings is 1. The number of carbonyl (C=O) groups excluding carboxylic acids is 1. The molecular weight excluding hydrogens is 240 g/mol. The standard InChI is InChI=1S/C14H22N4O/c15-12-5-9-18(10-6-12)11-14(19)17-8-4-13-3-1-2-7-16-13/h1-3,7,12H,4-6,8-11,15H2,(H,17,19). The van der Waals surface area contributed by atoms with E-state index < -0.39 is 0 Å². The molecule has 5 heteroatoms. The van der Waals surface area contributed by atoms with Crippen LogP contribution in [0.5, 0.6) is 0 Å². The molecule has 1 aliphatic heterocycles. The van der Waals surface area contributed by atoms with Crippen molar-refractivity contribution in [2.24, 2.45) is 5.73 Å². The van der Waals surface area contributed by atoms with E-state index in [2.05, 4.69) is 15.2 Å². The SMILES string of the molecule is NC1CCN(CC(=O)NCCc2ccccn2)CC1. The highest BCUT2D eigenvalue weighted by atomic mass is 16.2. The first-order valence-corrected chi connectivity index (χ1v) is 6.88. The zero-order chi connectivity index (χ0) is 13.5.